The van der Waals surface area contributed by atoms with Crippen LogP contribution in [0.15, 0.2) is 6.07 Å². The number of likely N-dealkylation sites (N-methyl/N-ethyl adjacent to an activating group) is 1. The van der Waals surface area contributed by atoms with Gasteiger partial charge in [0.2, 0.25) is 0 Å². The minimum Gasteiger partial charge on any atom is -0.350 e. The quantitative estimate of drug-likeness (QED) is 0.771. The fourth-order valence-electron chi connectivity index (χ4n) is 2.51. The third-order valence-corrected chi connectivity index (χ3v) is 3.51. The molecule has 1 unspecified atom stereocenters. The van der Waals surface area contributed by atoms with E-state index in [1.54, 1.807) is 4.90 Å². The van der Waals surface area contributed by atoms with Crippen LogP contribution in [-0.2, 0) is 0 Å². The molecule has 0 aromatic carbocycles. The Bertz CT molecular complexity index is 453. The average molecular weight is 273 g/mol. The molecule has 0 bridgehead atoms. The second-order valence-corrected chi connectivity index (χ2v) is 4.94. The summed E-state index contributed by atoms with van der Waals surface area (Å²) in [4.78, 5) is 7.36. The van der Waals surface area contributed by atoms with Crippen molar-refractivity contribution in [1.82, 2.24) is 9.88 Å². The SMILES string of the molecule is CCC1CN(C)CCCN1c1nc(F)c(F)cc1F. The van der Waals surface area contributed by atoms with E-state index in [0.29, 0.717) is 12.6 Å². The lowest BCUT2D eigenvalue weighted by atomic mass is 10.2. The highest BCUT2D eigenvalue weighted by molar-refractivity contribution is 5.41. The van der Waals surface area contributed by atoms with Crippen LogP contribution in [0.3, 0.4) is 0 Å². The van der Waals surface area contributed by atoms with Gasteiger partial charge in [0.15, 0.2) is 17.5 Å². The van der Waals surface area contributed by atoms with Crippen LogP contribution in [0.1, 0.15) is 19.8 Å². The monoisotopic (exact) mass is 273 g/mol. The van der Waals surface area contributed by atoms with Crippen molar-refractivity contribution in [3.8, 4) is 0 Å². The number of hydrogen-bond acceptors (Lipinski definition) is 3. The maximum Gasteiger partial charge on any atom is 0.251 e. The van der Waals surface area contributed by atoms with Crippen LogP contribution in [0, 0.1) is 17.6 Å². The molecule has 106 valence electrons. The van der Waals surface area contributed by atoms with E-state index < -0.39 is 17.6 Å². The van der Waals surface area contributed by atoms with Crippen molar-refractivity contribution in [2.75, 3.05) is 31.6 Å². The average Bonchev–Trinajstić information content (AvgIpc) is 2.55. The largest absolute Gasteiger partial charge is 0.350 e. The second-order valence-electron chi connectivity index (χ2n) is 4.94. The molecule has 1 aromatic heterocycles. The van der Waals surface area contributed by atoms with Crippen molar-refractivity contribution in [3.05, 3.63) is 23.6 Å². The summed E-state index contributed by atoms with van der Waals surface area (Å²) in [6.45, 7) is 4.25. The number of aromatic nitrogens is 1. The van der Waals surface area contributed by atoms with E-state index in [1.807, 2.05) is 14.0 Å². The van der Waals surface area contributed by atoms with Crippen LogP contribution in [0.2, 0.25) is 0 Å². The van der Waals surface area contributed by atoms with Crippen LogP contribution in [-0.4, -0.2) is 42.6 Å². The molecule has 0 spiro atoms. The number of nitrogens with zero attached hydrogens (tertiary/aromatic N) is 3. The molecule has 3 nitrogen and oxygen atoms in total. The van der Waals surface area contributed by atoms with Gasteiger partial charge in [0.25, 0.3) is 5.95 Å². The van der Waals surface area contributed by atoms with Gasteiger partial charge in [-0.25, -0.2) is 8.78 Å². The van der Waals surface area contributed by atoms with Gasteiger partial charge < -0.3 is 9.80 Å². The first-order chi connectivity index (χ1) is 9.02. The van der Waals surface area contributed by atoms with Crippen molar-refractivity contribution in [2.24, 2.45) is 0 Å². The molecule has 0 radical (unpaired) electrons. The van der Waals surface area contributed by atoms with Gasteiger partial charge in [-0.2, -0.15) is 9.37 Å². The standard InChI is InChI=1S/C13H18F3N3/c1-3-9-8-18(2)5-4-6-19(9)13-11(15)7-10(14)12(16)17-13/h7,9H,3-6,8H2,1-2H3. The molecule has 1 saturated heterocycles. The highest BCUT2D eigenvalue weighted by Gasteiger charge is 2.26. The Morgan fingerprint density at radius 3 is 2.68 bits per heavy atom. The zero-order chi connectivity index (χ0) is 14.0. The van der Waals surface area contributed by atoms with Crippen LogP contribution in [0.25, 0.3) is 0 Å². The van der Waals surface area contributed by atoms with Crippen molar-refractivity contribution in [3.63, 3.8) is 0 Å². The third-order valence-electron chi connectivity index (χ3n) is 3.51. The molecule has 2 rings (SSSR count). The number of pyridine rings is 1. The Labute approximate surface area is 111 Å². The van der Waals surface area contributed by atoms with Crippen LogP contribution < -0.4 is 4.90 Å². The molecule has 1 aliphatic rings. The Morgan fingerprint density at radius 1 is 1.26 bits per heavy atom. The topological polar surface area (TPSA) is 19.4 Å². The zero-order valence-corrected chi connectivity index (χ0v) is 11.2. The molecular weight excluding hydrogens is 255 g/mol. The minimum absolute atomic E-state index is 0.0550. The predicted molar refractivity (Wildman–Crippen MR) is 67.7 cm³/mol. The van der Waals surface area contributed by atoms with Crippen LogP contribution in [0.5, 0.6) is 0 Å². The molecule has 0 aliphatic carbocycles. The lowest BCUT2D eigenvalue weighted by Gasteiger charge is -2.31. The highest BCUT2D eigenvalue weighted by Crippen LogP contribution is 2.24. The lowest BCUT2D eigenvalue weighted by molar-refractivity contribution is 0.327. The normalized spacial score (nSPS) is 21.5. The number of halogens is 3. The molecule has 1 aromatic rings. The van der Waals surface area contributed by atoms with Gasteiger partial charge in [-0.1, -0.05) is 6.92 Å². The highest BCUT2D eigenvalue weighted by atomic mass is 19.2. The molecule has 0 saturated carbocycles. The molecule has 1 fully saturated rings. The zero-order valence-electron chi connectivity index (χ0n) is 11.2. The Balaban J connectivity index is 2.35. The fraction of sp³-hybridized carbons (Fsp3) is 0.615. The first-order valence-corrected chi connectivity index (χ1v) is 6.49. The van der Waals surface area contributed by atoms with E-state index in [9.17, 15) is 13.2 Å². The van der Waals surface area contributed by atoms with Gasteiger partial charge >= 0.3 is 0 Å². The van der Waals surface area contributed by atoms with E-state index in [-0.39, 0.29) is 11.9 Å². The van der Waals surface area contributed by atoms with Crippen LogP contribution >= 0.6 is 0 Å². The molecule has 6 heteroatoms. The van der Waals surface area contributed by atoms with Gasteiger partial charge in [0, 0.05) is 25.2 Å². The van der Waals surface area contributed by atoms with E-state index >= 15 is 0 Å². The van der Waals surface area contributed by atoms with Crippen molar-refractivity contribution >= 4 is 5.82 Å². The minimum atomic E-state index is -1.25. The Kier molecular flexibility index (Phi) is 4.29. The Morgan fingerprint density at radius 2 is 2.00 bits per heavy atom. The van der Waals surface area contributed by atoms with E-state index in [4.69, 9.17) is 0 Å². The van der Waals surface area contributed by atoms with Gasteiger partial charge in [-0.05, 0) is 26.4 Å². The summed E-state index contributed by atoms with van der Waals surface area (Å²) in [7, 11) is 2.00. The van der Waals surface area contributed by atoms with Gasteiger partial charge in [-0.3, -0.25) is 0 Å². The van der Waals surface area contributed by atoms with Crippen molar-refractivity contribution < 1.29 is 13.2 Å². The first kappa shape index (κ1) is 14.1. The van der Waals surface area contributed by atoms with Crippen molar-refractivity contribution in [1.29, 1.82) is 0 Å². The number of hydrogen-bond donors (Lipinski definition) is 0. The molecule has 1 atom stereocenters. The lowest BCUT2D eigenvalue weighted by Crippen LogP contribution is -2.41. The Hall–Kier alpha value is -1.30. The van der Waals surface area contributed by atoms with Gasteiger partial charge in [0.05, 0.1) is 0 Å². The van der Waals surface area contributed by atoms with Crippen LogP contribution in [0.4, 0.5) is 19.0 Å². The third kappa shape index (κ3) is 3.00. The second kappa shape index (κ2) is 5.77. The van der Waals surface area contributed by atoms with E-state index in [1.165, 1.54) is 0 Å². The molecule has 0 N–H and O–H groups in total. The van der Waals surface area contributed by atoms with E-state index in [2.05, 4.69) is 9.88 Å². The van der Waals surface area contributed by atoms with E-state index in [0.717, 1.165) is 25.9 Å². The fourth-order valence-corrected chi connectivity index (χ4v) is 2.51. The summed E-state index contributed by atoms with van der Waals surface area (Å²) in [5, 5.41) is 0. The summed E-state index contributed by atoms with van der Waals surface area (Å²) in [5.41, 5.74) is 0. The van der Waals surface area contributed by atoms with Crippen molar-refractivity contribution in [2.45, 2.75) is 25.8 Å². The smallest absolute Gasteiger partial charge is 0.251 e. The summed E-state index contributed by atoms with van der Waals surface area (Å²) < 4.78 is 40.0. The summed E-state index contributed by atoms with van der Waals surface area (Å²) in [5.74, 6) is -3.38. The van der Waals surface area contributed by atoms with Gasteiger partial charge in [-0.15, -0.1) is 0 Å². The van der Waals surface area contributed by atoms with Gasteiger partial charge in [0.1, 0.15) is 0 Å². The maximum atomic E-state index is 13.8. The summed E-state index contributed by atoms with van der Waals surface area (Å²) >= 11 is 0. The summed E-state index contributed by atoms with van der Waals surface area (Å²) in [6.07, 6.45) is 1.64. The number of rotatable bonds is 2. The molecule has 2 heterocycles. The summed E-state index contributed by atoms with van der Waals surface area (Å²) in [6, 6.07) is 0.623. The molecule has 19 heavy (non-hydrogen) atoms. The molecular formula is C13H18F3N3. The first-order valence-electron chi connectivity index (χ1n) is 6.49. The molecule has 1 aliphatic heterocycles. The molecule has 0 amide bonds. The maximum absolute atomic E-state index is 13.8. The predicted octanol–water partition coefficient (Wildman–Crippen LogP) is 2.42. The number of anilines is 1.